The van der Waals surface area contributed by atoms with E-state index in [2.05, 4.69) is 10.3 Å². The highest BCUT2D eigenvalue weighted by molar-refractivity contribution is 7.11. The third-order valence-corrected chi connectivity index (χ3v) is 5.92. The van der Waals surface area contributed by atoms with Crippen molar-refractivity contribution in [3.05, 3.63) is 64.5 Å². The zero-order valence-electron chi connectivity index (χ0n) is 15.5. The Labute approximate surface area is 167 Å². The Balaban J connectivity index is 1.61. The molecule has 1 fully saturated rings. The minimum absolute atomic E-state index is 0.145. The number of nitrogens with one attached hydrogen (secondary N) is 1. The molecule has 0 spiro atoms. The average molecular weight is 394 g/mol. The predicted molar refractivity (Wildman–Crippen MR) is 109 cm³/mol. The number of thiophene rings is 1. The number of hydrogen-bond donors (Lipinski definition) is 1. The van der Waals surface area contributed by atoms with Crippen LogP contribution in [-0.4, -0.2) is 22.9 Å². The summed E-state index contributed by atoms with van der Waals surface area (Å²) in [6.45, 7) is 0. The van der Waals surface area contributed by atoms with Crippen molar-refractivity contribution in [2.24, 2.45) is 0 Å². The van der Waals surface area contributed by atoms with Gasteiger partial charge in [-0.05, 0) is 42.5 Å². The number of amides is 1. The normalized spacial score (nSPS) is 15.9. The number of nitrogens with zero attached hydrogens (tertiary/aromatic N) is 1. The molecule has 1 N–H and O–H groups in total. The van der Waals surface area contributed by atoms with Crippen LogP contribution in [0.15, 0.2) is 54.0 Å². The summed E-state index contributed by atoms with van der Waals surface area (Å²) in [6.07, 6.45) is 6.13. The molecule has 0 aliphatic heterocycles. The Morgan fingerprint density at radius 1 is 1.11 bits per heavy atom. The van der Waals surface area contributed by atoms with E-state index in [1.54, 1.807) is 18.3 Å². The second-order valence-corrected chi connectivity index (χ2v) is 8.01. The Morgan fingerprint density at radius 3 is 2.75 bits per heavy atom. The molecule has 0 radical (unpaired) electrons. The molecule has 0 saturated heterocycles. The third kappa shape index (κ3) is 4.22. The van der Waals surface area contributed by atoms with Gasteiger partial charge in [-0.3, -0.25) is 9.78 Å². The highest BCUT2D eigenvalue weighted by Gasteiger charge is 2.28. The number of aromatic nitrogens is 1. The highest BCUT2D eigenvalue weighted by atomic mass is 32.1. The van der Waals surface area contributed by atoms with Gasteiger partial charge < -0.3 is 10.1 Å². The second-order valence-electron chi connectivity index (χ2n) is 7.06. The maximum Gasteiger partial charge on any atom is 0.349 e. The fraction of sp³-hybridized carbons (Fsp3) is 0.318. The Morgan fingerprint density at radius 2 is 1.96 bits per heavy atom. The minimum atomic E-state index is -0.985. The molecule has 1 aliphatic rings. The summed E-state index contributed by atoms with van der Waals surface area (Å²) < 4.78 is 5.67. The van der Waals surface area contributed by atoms with E-state index in [0.717, 1.165) is 36.6 Å². The number of ether oxygens (including phenoxy) is 1. The van der Waals surface area contributed by atoms with Crippen molar-refractivity contribution in [3.63, 3.8) is 0 Å². The van der Waals surface area contributed by atoms with Gasteiger partial charge in [-0.15, -0.1) is 11.3 Å². The fourth-order valence-electron chi connectivity index (χ4n) is 3.61. The average Bonchev–Trinajstić information content (AvgIpc) is 3.27. The van der Waals surface area contributed by atoms with Crippen molar-refractivity contribution in [3.8, 4) is 0 Å². The highest BCUT2D eigenvalue weighted by Crippen LogP contribution is 2.26. The van der Waals surface area contributed by atoms with E-state index in [1.807, 2.05) is 35.7 Å². The zero-order valence-corrected chi connectivity index (χ0v) is 16.3. The van der Waals surface area contributed by atoms with Crippen LogP contribution in [0, 0.1) is 0 Å². The molecule has 0 unspecified atom stereocenters. The van der Waals surface area contributed by atoms with E-state index in [1.165, 1.54) is 17.8 Å². The molecule has 1 amide bonds. The van der Waals surface area contributed by atoms with Crippen LogP contribution in [0.5, 0.6) is 0 Å². The van der Waals surface area contributed by atoms with E-state index >= 15 is 0 Å². The number of carbonyl (C=O) groups is 2. The summed E-state index contributed by atoms with van der Waals surface area (Å²) in [5.74, 6) is -0.745. The smallest absolute Gasteiger partial charge is 0.349 e. The van der Waals surface area contributed by atoms with E-state index < -0.39 is 12.1 Å². The Bertz CT molecular complexity index is 965. The van der Waals surface area contributed by atoms with Crippen LogP contribution in [-0.2, 0) is 9.53 Å². The summed E-state index contributed by atoms with van der Waals surface area (Å²) >= 11 is 1.30. The molecule has 5 nitrogen and oxygen atoms in total. The number of fused-ring (bicyclic) bond motifs is 1. The first-order valence-corrected chi connectivity index (χ1v) is 10.5. The van der Waals surface area contributed by atoms with E-state index in [-0.39, 0.29) is 11.9 Å². The summed E-state index contributed by atoms with van der Waals surface area (Å²) in [5, 5.41) is 5.81. The van der Waals surface area contributed by atoms with Gasteiger partial charge in [-0.25, -0.2) is 4.79 Å². The van der Waals surface area contributed by atoms with Gasteiger partial charge in [0, 0.05) is 23.2 Å². The number of rotatable bonds is 5. The number of esters is 1. The zero-order chi connectivity index (χ0) is 19.3. The number of benzene rings is 1. The van der Waals surface area contributed by atoms with Crippen LogP contribution < -0.4 is 5.32 Å². The van der Waals surface area contributed by atoms with Crippen molar-refractivity contribution < 1.29 is 14.3 Å². The van der Waals surface area contributed by atoms with E-state index in [9.17, 15) is 9.59 Å². The molecular formula is C22H22N2O3S. The molecular weight excluding hydrogens is 372 g/mol. The van der Waals surface area contributed by atoms with Gasteiger partial charge in [-0.2, -0.15) is 0 Å². The molecule has 4 rings (SSSR count). The van der Waals surface area contributed by atoms with Crippen molar-refractivity contribution in [2.45, 2.75) is 44.2 Å². The van der Waals surface area contributed by atoms with Crippen molar-refractivity contribution in [2.75, 3.05) is 0 Å². The van der Waals surface area contributed by atoms with Gasteiger partial charge in [0.1, 0.15) is 4.88 Å². The number of pyridine rings is 1. The largest absolute Gasteiger partial charge is 0.443 e. The SMILES string of the molecule is O=C(O[C@H](C(=O)NC1CCCCC1)c1ccc2ncccc2c1)c1cccs1. The monoisotopic (exact) mass is 394 g/mol. The predicted octanol–water partition coefficient (Wildman–Crippen LogP) is 4.64. The van der Waals surface area contributed by atoms with Gasteiger partial charge in [0.2, 0.25) is 6.10 Å². The van der Waals surface area contributed by atoms with Gasteiger partial charge in [0.05, 0.1) is 5.52 Å². The minimum Gasteiger partial charge on any atom is -0.443 e. The Hall–Kier alpha value is -2.73. The van der Waals surface area contributed by atoms with Crippen molar-refractivity contribution >= 4 is 34.1 Å². The number of hydrogen-bond acceptors (Lipinski definition) is 5. The lowest BCUT2D eigenvalue weighted by molar-refractivity contribution is -0.131. The summed E-state index contributed by atoms with van der Waals surface area (Å²) in [4.78, 5) is 30.4. The molecule has 2 heterocycles. The molecule has 1 saturated carbocycles. The van der Waals surface area contributed by atoms with Crippen molar-refractivity contribution in [1.29, 1.82) is 0 Å². The van der Waals surface area contributed by atoms with Crippen molar-refractivity contribution in [1.82, 2.24) is 10.3 Å². The topological polar surface area (TPSA) is 68.3 Å². The first kappa shape index (κ1) is 18.6. The lowest BCUT2D eigenvalue weighted by Crippen LogP contribution is -2.40. The van der Waals surface area contributed by atoms with Gasteiger partial charge in [0.25, 0.3) is 5.91 Å². The first-order chi connectivity index (χ1) is 13.7. The molecule has 6 heteroatoms. The molecule has 1 atom stereocenters. The lowest BCUT2D eigenvalue weighted by atomic mass is 9.95. The molecule has 3 aromatic rings. The van der Waals surface area contributed by atoms with Crippen LogP contribution in [0.1, 0.15) is 53.4 Å². The van der Waals surface area contributed by atoms with Gasteiger partial charge in [-0.1, -0.05) is 37.5 Å². The van der Waals surface area contributed by atoms with Crippen LogP contribution in [0.4, 0.5) is 0 Å². The second kappa shape index (κ2) is 8.52. The van der Waals surface area contributed by atoms with Crippen LogP contribution in [0.25, 0.3) is 10.9 Å². The molecule has 144 valence electrons. The molecule has 0 bridgehead atoms. The lowest BCUT2D eigenvalue weighted by Gasteiger charge is -2.25. The third-order valence-electron chi connectivity index (χ3n) is 5.07. The molecule has 1 aromatic carbocycles. The van der Waals surface area contributed by atoms with Gasteiger partial charge in [0.15, 0.2) is 0 Å². The maximum atomic E-state index is 13.1. The molecule has 1 aliphatic carbocycles. The van der Waals surface area contributed by atoms with Crippen LogP contribution >= 0.6 is 11.3 Å². The van der Waals surface area contributed by atoms with Crippen LogP contribution in [0.2, 0.25) is 0 Å². The summed E-state index contributed by atoms with van der Waals surface area (Å²) in [6, 6.07) is 12.9. The fourth-order valence-corrected chi connectivity index (χ4v) is 4.22. The quantitative estimate of drug-likeness (QED) is 0.640. The first-order valence-electron chi connectivity index (χ1n) is 9.60. The number of carbonyl (C=O) groups excluding carboxylic acids is 2. The maximum absolute atomic E-state index is 13.1. The standard InChI is InChI=1S/C22H22N2O3S/c25-21(24-17-7-2-1-3-8-17)20(27-22(26)19-9-5-13-28-19)16-10-11-18-15(14-16)6-4-12-23-18/h4-6,9-14,17,20H,1-3,7-8H2,(H,24,25)/t20-/m0/s1. The molecule has 28 heavy (non-hydrogen) atoms. The van der Waals surface area contributed by atoms with E-state index in [4.69, 9.17) is 4.74 Å². The summed E-state index contributed by atoms with van der Waals surface area (Å²) in [7, 11) is 0. The van der Waals surface area contributed by atoms with E-state index in [0.29, 0.717) is 10.4 Å². The molecule has 2 aromatic heterocycles. The summed E-state index contributed by atoms with van der Waals surface area (Å²) in [5.41, 5.74) is 1.49. The Kier molecular flexibility index (Phi) is 5.67. The van der Waals surface area contributed by atoms with Crippen LogP contribution in [0.3, 0.4) is 0 Å². The van der Waals surface area contributed by atoms with Gasteiger partial charge >= 0.3 is 5.97 Å².